The molecule has 1 aromatic heterocycles. The minimum Gasteiger partial charge on any atom is -0.378 e. The maximum Gasteiger partial charge on any atom is 0.253 e. The largest absolute Gasteiger partial charge is 0.378 e. The Kier molecular flexibility index (Phi) is 5.43. The molecule has 1 aliphatic heterocycles. The molecule has 2 heterocycles. The third-order valence-electron chi connectivity index (χ3n) is 4.57. The molecule has 5 nitrogen and oxygen atoms in total. The fourth-order valence-corrected chi connectivity index (χ4v) is 3.08. The number of hydrogen-bond donors (Lipinski definition) is 2. The van der Waals surface area contributed by atoms with Crippen molar-refractivity contribution in [2.45, 2.75) is 18.9 Å². The quantitative estimate of drug-likeness (QED) is 0.884. The molecule has 5 heteroatoms. The second-order valence-electron chi connectivity index (χ2n) is 6.19. The number of nitrogens with one attached hydrogen (secondary N) is 1. The fourth-order valence-electron chi connectivity index (χ4n) is 3.08. The summed E-state index contributed by atoms with van der Waals surface area (Å²) in [6, 6.07) is 13.1. The van der Waals surface area contributed by atoms with Crippen molar-refractivity contribution >= 4 is 11.6 Å². The van der Waals surface area contributed by atoms with Crippen LogP contribution in [0.1, 0.15) is 24.5 Å². The zero-order chi connectivity index (χ0) is 16.8. The fraction of sp³-hybridized carbons (Fsp3) is 0.368. The van der Waals surface area contributed by atoms with E-state index < -0.39 is 6.10 Å². The van der Waals surface area contributed by atoms with Gasteiger partial charge in [0.15, 0.2) is 6.10 Å². The summed E-state index contributed by atoms with van der Waals surface area (Å²) in [4.78, 5) is 18.5. The monoisotopic (exact) mass is 325 g/mol. The maximum atomic E-state index is 12.1. The van der Waals surface area contributed by atoms with Gasteiger partial charge in [0, 0.05) is 37.7 Å². The lowest BCUT2D eigenvalue weighted by molar-refractivity contribution is -0.129. The van der Waals surface area contributed by atoms with Crippen LogP contribution < -0.4 is 10.2 Å². The van der Waals surface area contributed by atoms with Crippen LogP contribution in [0.2, 0.25) is 0 Å². The highest BCUT2D eigenvalue weighted by molar-refractivity contribution is 5.81. The highest BCUT2D eigenvalue weighted by atomic mass is 16.3. The zero-order valence-corrected chi connectivity index (χ0v) is 13.6. The molecule has 1 saturated heterocycles. The van der Waals surface area contributed by atoms with Gasteiger partial charge >= 0.3 is 0 Å². The first-order valence-corrected chi connectivity index (χ1v) is 8.40. The molecule has 1 aliphatic rings. The van der Waals surface area contributed by atoms with Crippen molar-refractivity contribution in [3.05, 3.63) is 60.4 Å². The lowest BCUT2D eigenvalue weighted by Gasteiger charge is -2.33. The first kappa shape index (κ1) is 16.5. The molecule has 1 aromatic carbocycles. The summed E-state index contributed by atoms with van der Waals surface area (Å²) in [6.07, 6.45) is 4.59. The molecule has 2 N–H and O–H groups in total. The van der Waals surface area contributed by atoms with Crippen molar-refractivity contribution in [3.63, 3.8) is 0 Å². The molecule has 1 amide bonds. The van der Waals surface area contributed by atoms with Gasteiger partial charge in [0.25, 0.3) is 5.91 Å². The Morgan fingerprint density at radius 2 is 1.83 bits per heavy atom. The van der Waals surface area contributed by atoms with E-state index in [0.29, 0.717) is 18.0 Å². The van der Waals surface area contributed by atoms with Gasteiger partial charge in [-0.05, 0) is 36.5 Å². The van der Waals surface area contributed by atoms with Gasteiger partial charge in [-0.3, -0.25) is 9.78 Å². The summed E-state index contributed by atoms with van der Waals surface area (Å²) in [5.41, 5.74) is 1.83. The number of amides is 1. The lowest BCUT2D eigenvalue weighted by Crippen LogP contribution is -2.39. The molecule has 0 aliphatic carbocycles. The molecule has 0 radical (unpaired) electrons. The minimum absolute atomic E-state index is 0.322. The van der Waals surface area contributed by atoms with Crippen LogP contribution in [0, 0.1) is 5.92 Å². The summed E-state index contributed by atoms with van der Waals surface area (Å²) >= 11 is 0. The second-order valence-corrected chi connectivity index (χ2v) is 6.19. The van der Waals surface area contributed by atoms with E-state index in [9.17, 15) is 9.90 Å². The van der Waals surface area contributed by atoms with Crippen molar-refractivity contribution in [1.29, 1.82) is 0 Å². The van der Waals surface area contributed by atoms with Crippen LogP contribution in [0.5, 0.6) is 0 Å². The topological polar surface area (TPSA) is 65.5 Å². The molecule has 2 aromatic rings. The van der Waals surface area contributed by atoms with Crippen LogP contribution in [-0.2, 0) is 4.79 Å². The van der Waals surface area contributed by atoms with E-state index in [4.69, 9.17) is 0 Å². The van der Waals surface area contributed by atoms with Gasteiger partial charge < -0.3 is 15.3 Å². The van der Waals surface area contributed by atoms with Crippen LogP contribution in [-0.4, -0.2) is 35.6 Å². The van der Waals surface area contributed by atoms with E-state index in [0.717, 1.165) is 25.9 Å². The van der Waals surface area contributed by atoms with Crippen molar-refractivity contribution in [2.24, 2.45) is 5.92 Å². The molecule has 3 rings (SSSR count). The number of pyridine rings is 1. The van der Waals surface area contributed by atoms with E-state index in [1.807, 2.05) is 42.7 Å². The number of carbonyl (C=O) groups is 1. The normalized spacial score (nSPS) is 16.6. The highest BCUT2D eigenvalue weighted by Crippen LogP contribution is 2.22. The van der Waals surface area contributed by atoms with Crippen LogP contribution in [0.4, 0.5) is 5.69 Å². The molecule has 0 unspecified atom stereocenters. The Balaban J connectivity index is 1.44. The second kappa shape index (κ2) is 7.93. The summed E-state index contributed by atoms with van der Waals surface area (Å²) in [5, 5.41) is 13.0. The number of hydrogen-bond acceptors (Lipinski definition) is 4. The predicted octanol–water partition coefficient (Wildman–Crippen LogP) is 2.15. The molecule has 0 bridgehead atoms. The number of carbonyl (C=O) groups excluding carboxylic acids is 1. The molecule has 24 heavy (non-hydrogen) atoms. The molecule has 0 saturated carbocycles. The molecule has 1 atom stereocenters. The average molecular weight is 325 g/mol. The molecule has 1 fully saturated rings. The number of anilines is 1. The number of nitrogens with zero attached hydrogens (tertiary/aromatic N) is 2. The van der Waals surface area contributed by atoms with E-state index in [1.54, 1.807) is 12.1 Å². The first-order chi connectivity index (χ1) is 11.7. The van der Waals surface area contributed by atoms with Crippen molar-refractivity contribution < 1.29 is 9.90 Å². The van der Waals surface area contributed by atoms with Gasteiger partial charge in [0.2, 0.25) is 0 Å². The molecule has 0 spiro atoms. The number of benzene rings is 1. The van der Waals surface area contributed by atoms with E-state index in [-0.39, 0.29) is 5.91 Å². The highest BCUT2D eigenvalue weighted by Gasteiger charge is 2.22. The summed E-state index contributed by atoms with van der Waals surface area (Å²) in [5.74, 6) is 0.132. The third-order valence-corrected chi connectivity index (χ3v) is 4.57. The number of rotatable bonds is 5. The Hall–Kier alpha value is -2.40. The third kappa shape index (κ3) is 4.11. The predicted molar refractivity (Wildman–Crippen MR) is 93.6 cm³/mol. The van der Waals surface area contributed by atoms with E-state index in [1.165, 1.54) is 5.69 Å². The van der Waals surface area contributed by atoms with Gasteiger partial charge in [-0.1, -0.05) is 30.3 Å². The van der Waals surface area contributed by atoms with Gasteiger partial charge in [0.1, 0.15) is 0 Å². The van der Waals surface area contributed by atoms with Crippen LogP contribution >= 0.6 is 0 Å². The number of aromatic nitrogens is 1. The average Bonchev–Trinajstić information content (AvgIpc) is 2.67. The van der Waals surface area contributed by atoms with Gasteiger partial charge in [0.05, 0.1) is 0 Å². The summed E-state index contributed by atoms with van der Waals surface area (Å²) in [6.45, 7) is 2.57. The van der Waals surface area contributed by atoms with Crippen molar-refractivity contribution in [3.8, 4) is 0 Å². The summed E-state index contributed by atoms with van der Waals surface area (Å²) in [7, 11) is 0. The van der Waals surface area contributed by atoms with Crippen LogP contribution in [0.3, 0.4) is 0 Å². The van der Waals surface area contributed by atoms with Crippen molar-refractivity contribution in [1.82, 2.24) is 10.3 Å². The Labute approximate surface area is 142 Å². The van der Waals surface area contributed by atoms with Gasteiger partial charge in [-0.15, -0.1) is 0 Å². The molecule has 126 valence electrons. The van der Waals surface area contributed by atoms with Gasteiger partial charge in [-0.25, -0.2) is 0 Å². The Morgan fingerprint density at radius 1 is 1.17 bits per heavy atom. The maximum absolute atomic E-state index is 12.1. The zero-order valence-electron chi connectivity index (χ0n) is 13.6. The number of aliphatic hydroxyl groups is 1. The molecular weight excluding hydrogens is 302 g/mol. The number of piperidine rings is 1. The van der Waals surface area contributed by atoms with Crippen LogP contribution in [0.25, 0.3) is 0 Å². The van der Waals surface area contributed by atoms with Crippen LogP contribution in [0.15, 0.2) is 54.9 Å². The minimum atomic E-state index is -1.09. The number of aliphatic hydroxyl groups excluding tert-OH is 1. The lowest BCUT2D eigenvalue weighted by atomic mass is 9.96. The van der Waals surface area contributed by atoms with Crippen molar-refractivity contribution in [2.75, 3.05) is 24.5 Å². The SMILES string of the molecule is O=C(NCC1CCN(c2ccncc2)CC1)[C@H](O)c1ccccc1. The van der Waals surface area contributed by atoms with Gasteiger partial charge in [-0.2, -0.15) is 0 Å². The Bertz CT molecular complexity index is 640. The first-order valence-electron chi connectivity index (χ1n) is 8.40. The molecular formula is C19H23N3O2. The van der Waals surface area contributed by atoms with E-state index >= 15 is 0 Å². The summed E-state index contributed by atoms with van der Waals surface area (Å²) < 4.78 is 0. The Morgan fingerprint density at radius 3 is 2.50 bits per heavy atom. The standard InChI is InChI=1S/C19H23N3O2/c23-18(16-4-2-1-3-5-16)19(24)21-14-15-8-12-22(13-9-15)17-6-10-20-11-7-17/h1-7,10-11,15,18,23H,8-9,12-14H2,(H,21,24)/t18-/m1/s1. The smallest absolute Gasteiger partial charge is 0.253 e. The van der Waals surface area contributed by atoms with E-state index in [2.05, 4.69) is 15.2 Å².